The molecule has 0 radical (unpaired) electrons. The predicted octanol–water partition coefficient (Wildman–Crippen LogP) is 3.35. The zero-order valence-electron chi connectivity index (χ0n) is 10.3. The highest BCUT2D eigenvalue weighted by Gasteiger charge is 2.10. The Morgan fingerprint density at radius 1 is 1.47 bits per heavy atom. The van der Waals surface area contributed by atoms with E-state index < -0.39 is 5.82 Å². The average molecular weight is 327 g/mol. The predicted molar refractivity (Wildman–Crippen MR) is 73.0 cm³/mol. The first kappa shape index (κ1) is 13.7. The summed E-state index contributed by atoms with van der Waals surface area (Å²) in [6.45, 7) is 2.55. The van der Waals surface area contributed by atoms with Gasteiger partial charge >= 0.3 is 5.56 Å². The number of rotatable bonds is 4. The summed E-state index contributed by atoms with van der Waals surface area (Å²) in [7, 11) is 0. The molecule has 2 aromatic rings. The van der Waals surface area contributed by atoms with E-state index in [0.717, 1.165) is 6.42 Å². The zero-order valence-corrected chi connectivity index (χ0v) is 11.9. The highest BCUT2D eigenvalue weighted by molar-refractivity contribution is 9.10. The van der Waals surface area contributed by atoms with E-state index in [2.05, 4.69) is 20.9 Å². The van der Waals surface area contributed by atoms with Crippen molar-refractivity contribution >= 4 is 15.9 Å². The maximum Gasteiger partial charge on any atom is 0.313 e. The van der Waals surface area contributed by atoms with Crippen molar-refractivity contribution in [2.75, 3.05) is 0 Å². The molecular weight excluding hydrogens is 315 g/mol. The van der Waals surface area contributed by atoms with E-state index in [1.807, 2.05) is 6.92 Å². The number of aryl methyl sites for hydroxylation is 1. The van der Waals surface area contributed by atoms with E-state index in [4.69, 9.17) is 4.74 Å². The molecule has 6 heteroatoms. The van der Waals surface area contributed by atoms with E-state index >= 15 is 0 Å². The monoisotopic (exact) mass is 326 g/mol. The van der Waals surface area contributed by atoms with Gasteiger partial charge in [0.25, 0.3) is 5.88 Å². The lowest BCUT2D eigenvalue weighted by Crippen LogP contribution is -2.21. The topological polar surface area (TPSA) is 44.1 Å². The van der Waals surface area contributed by atoms with Crippen molar-refractivity contribution in [1.29, 1.82) is 0 Å². The van der Waals surface area contributed by atoms with Crippen LogP contribution in [0.5, 0.6) is 11.6 Å². The Hall–Kier alpha value is -1.69. The first-order valence-corrected chi connectivity index (χ1v) is 6.59. The van der Waals surface area contributed by atoms with Crippen LogP contribution >= 0.6 is 15.9 Å². The van der Waals surface area contributed by atoms with Crippen molar-refractivity contribution in [3.8, 4) is 11.6 Å². The third kappa shape index (κ3) is 3.20. The van der Waals surface area contributed by atoms with Gasteiger partial charge < -0.3 is 9.30 Å². The fourth-order valence-electron chi connectivity index (χ4n) is 1.57. The molecule has 0 spiro atoms. The normalized spacial score (nSPS) is 10.5. The second kappa shape index (κ2) is 5.97. The molecule has 0 aliphatic carbocycles. The molecule has 0 amide bonds. The summed E-state index contributed by atoms with van der Waals surface area (Å²) in [5, 5.41) is 0. The van der Waals surface area contributed by atoms with Gasteiger partial charge in [0.15, 0.2) is 0 Å². The van der Waals surface area contributed by atoms with Crippen LogP contribution in [-0.2, 0) is 6.54 Å². The number of hydrogen-bond donors (Lipinski definition) is 0. The van der Waals surface area contributed by atoms with Gasteiger partial charge in [-0.25, -0.2) is 9.37 Å². The van der Waals surface area contributed by atoms with Gasteiger partial charge in [0, 0.05) is 25.0 Å². The fraction of sp³-hybridized carbons (Fsp3) is 0.231. The van der Waals surface area contributed by atoms with Gasteiger partial charge in [0.1, 0.15) is 11.6 Å². The van der Waals surface area contributed by atoms with E-state index in [0.29, 0.717) is 11.0 Å². The van der Waals surface area contributed by atoms with Crippen LogP contribution in [0.2, 0.25) is 0 Å². The molecular formula is C13H12BrFN2O2. The van der Waals surface area contributed by atoms with E-state index in [1.54, 1.807) is 6.20 Å². The summed E-state index contributed by atoms with van der Waals surface area (Å²) >= 11 is 3.23. The Bertz CT molecular complexity index is 643. The van der Waals surface area contributed by atoms with Crippen molar-refractivity contribution in [3.05, 3.63) is 51.2 Å². The van der Waals surface area contributed by atoms with Crippen LogP contribution in [0, 0.1) is 5.82 Å². The Labute approximate surface area is 118 Å². The highest BCUT2D eigenvalue weighted by atomic mass is 79.9. The minimum Gasteiger partial charge on any atom is -0.433 e. The molecule has 1 aromatic carbocycles. The lowest BCUT2D eigenvalue weighted by atomic mass is 10.3. The molecule has 0 saturated heterocycles. The number of halogens is 2. The van der Waals surface area contributed by atoms with Crippen LogP contribution in [0.25, 0.3) is 0 Å². The third-order valence-electron chi connectivity index (χ3n) is 2.45. The molecule has 0 aliphatic rings. The quantitative estimate of drug-likeness (QED) is 0.865. The minimum atomic E-state index is -0.442. The molecule has 100 valence electrons. The standard InChI is InChI=1S/C13H12BrFN2O2/c1-2-6-17-7-5-16-12(13(17)18)19-11-8-9(15)3-4-10(11)14/h3-5,7-8H,2,6H2,1H3. The number of benzene rings is 1. The van der Waals surface area contributed by atoms with Gasteiger partial charge in [0.05, 0.1) is 4.47 Å². The highest BCUT2D eigenvalue weighted by Crippen LogP contribution is 2.28. The fourth-order valence-corrected chi connectivity index (χ4v) is 1.90. The lowest BCUT2D eigenvalue weighted by Gasteiger charge is -2.08. The summed E-state index contributed by atoms with van der Waals surface area (Å²) in [5.41, 5.74) is -0.333. The molecule has 1 aromatic heterocycles. The van der Waals surface area contributed by atoms with Crippen LogP contribution in [0.1, 0.15) is 13.3 Å². The van der Waals surface area contributed by atoms with Gasteiger partial charge in [0.2, 0.25) is 0 Å². The summed E-state index contributed by atoms with van der Waals surface area (Å²) < 4.78 is 20.6. The molecule has 0 aliphatic heterocycles. The molecule has 0 N–H and O–H groups in total. The molecule has 0 fully saturated rings. The van der Waals surface area contributed by atoms with Crippen LogP contribution < -0.4 is 10.3 Å². The van der Waals surface area contributed by atoms with Gasteiger partial charge in [-0.05, 0) is 34.5 Å². The maximum absolute atomic E-state index is 13.1. The molecule has 4 nitrogen and oxygen atoms in total. The van der Waals surface area contributed by atoms with E-state index in [9.17, 15) is 9.18 Å². The number of aromatic nitrogens is 2. The second-order valence-corrected chi connectivity index (χ2v) is 4.76. The SMILES string of the molecule is CCCn1ccnc(Oc2cc(F)ccc2Br)c1=O. The van der Waals surface area contributed by atoms with Gasteiger partial charge in [-0.2, -0.15) is 0 Å². The van der Waals surface area contributed by atoms with Gasteiger partial charge in [-0.1, -0.05) is 6.92 Å². The summed E-state index contributed by atoms with van der Waals surface area (Å²) in [6.07, 6.45) is 3.91. The van der Waals surface area contributed by atoms with Gasteiger partial charge in [-0.15, -0.1) is 0 Å². The van der Waals surface area contributed by atoms with Crippen molar-refractivity contribution in [2.45, 2.75) is 19.9 Å². The number of ether oxygens (including phenoxy) is 1. The number of nitrogens with zero attached hydrogens (tertiary/aromatic N) is 2. The number of hydrogen-bond acceptors (Lipinski definition) is 3. The maximum atomic E-state index is 13.1. The van der Waals surface area contributed by atoms with Crippen molar-refractivity contribution in [3.63, 3.8) is 0 Å². The molecule has 0 bridgehead atoms. The summed E-state index contributed by atoms with van der Waals surface area (Å²) in [6, 6.07) is 4.01. The molecule has 0 atom stereocenters. The van der Waals surface area contributed by atoms with E-state index in [-0.39, 0.29) is 17.2 Å². The van der Waals surface area contributed by atoms with Crippen molar-refractivity contribution in [2.24, 2.45) is 0 Å². The Balaban J connectivity index is 2.36. The summed E-state index contributed by atoms with van der Waals surface area (Å²) in [4.78, 5) is 15.9. The molecule has 2 rings (SSSR count). The van der Waals surface area contributed by atoms with Gasteiger partial charge in [-0.3, -0.25) is 4.79 Å². The first-order valence-electron chi connectivity index (χ1n) is 5.80. The van der Waals surface area contributed by atoms with Crippen LogP contribution in [0.3, 0.4) is 0 Å². The smallest absolute Gasteiger partial charge is 0.313 e. The zero-order chi connectivity index (χ0) is 13.8. The summed E-state index contributed by atoms with van der Waals surface area (Å²) in [5.74, 6) is -0.288. The second-order valence-electron chi connectivity index (χ2n) is 3.91. The van der Waals surface area contributed by atoms with Crippen LogP contribution in [0.15, 0.2) is 39.9 Å². The van der Waals surface area contributed by atoms with Crippen LogP contribution in [0.4, 0.5) is 4.39 Å². The molecule has 19 heavy (non-hydrogen) atoms. The Morgan fingerprint density at radius 3 is 3.00 bits per heavy atom. The molecule has 0 unspecified atom stereocenters. The Kier molecular flexibility index (Phi) is 4.31. The van der Waals surface area contributed by atoms with Crippen molar-refractivity contribution < 1.29 is 9.13 Å². The van der Waals surface area contributed by atoms with Crippen LogP contribution in [-0.4, -0.2) is 9.55 Å². The lowest BCUT2D eigenvalue weighted by molar-refractivity contribution is 0.437. The molecule has 1 heterocycles. The third-order valence-corrected chi connectivity index (χ3v) is 3.10. The van der Waals surface area contributed by atoms with Crippen molar-refractivity contribution in [1.82, 2.24) is 9.55 Å². The minimum absolute atomic E-state index is 0.0674. The Morgan fingerprint density at radius 2 is 2.26 bits per heavy atom. The van der Waals surface area contributed by atoms with E-state index in [1.165, 1.54) is 29.0 Å². The first-order chi connectivity index (χ1) is 9.11. The average Bonchev–Trinajstić information content (AvgIpc) is 2.39. The molecule has 0 saturated carbocycles. The largest absolute Gasteiger partial charge is 0.433 e.